The van der Waals surface area contributed by atoms with E-state index in [0.717, 1.165) is 31.2 Å². The number of nitrogens with zero attached hydrogens (tertiary/aromatic N) is 4. The van der Waals surface area contributed by atoms with Gasteiger partial charge in [0, 0.05) is 24.7 Å². The van der Waals surface area contributed by atoms with Crippen molar-refractivity contribution >= 4 is 41.3 Å². The molecule has 1 aliphatic carbocycles. The van der Waals surface area contributed by atoms with E-state index in [1.54, 1.807) is 12.4 Å². The summed E-state index contributed by atoms with van der Waals surface area (Å²) in [5, 5.41) is 4.53. The Morgan fingerprint density at radius 1 is 1.37 bits per heavy atom. The van der Waals surface area contributed by atoms with Gasteiger partial charge in [-0.2, -0.15) is 0 Å². The summed E-state index contributed by atoms with van der Waals surface area (Å²) < 4.78 is 5.66. The lowest BCUT2D eigenvalue weighted by Crippen LogP contribution is -2.38. The van der Waals surface area contributed by atoms with Gasteiger partial charge in [-0.25, -0.2) is 9.98 Å². The van der Waals surface area contributed by atoms with Crippen LogP contribution in [0.4, 0.5) is 0 Å². The Hall–Kier alpha value is -1.42. The lowest BCUT2D eigenvalue weighted by atomic mass is 10.0. The fourth-order valence-corrected chi connectivity index (χ4v) is 4.18. The number of rotatable bonds is 7. The SMILES string of the molecule is CCNC(=NCCOc1cccnc1)N(C)Cc1nc2c(s1)CCCC2.I. The standard InChI is InChI=1S/C19H27N5OS.HI/c1-3-21-19(22-11-12-25-15-7-6-10-20-13-15)24(2)14-18-23-16-8-4-5-9-17(16)26-18;/h6-7,10,13H,3-5,8-9,11-12,14H2,1-2H3,(H,21,22);1H. The molecule has 2 aromatic rings. The van der Waals surface area contributed by atoms with E-state index >= 15 is 0 Å². The highest BCUT2D eigenvalue weighted by Crippen LogP contribution is 2.27. The smallest absolute Gasteiger partial charge is 0.194 e. The molecule has 3 rings (SSSR count). The summed E-state index contributed by atoms with van der Waals surface area (Å²) in [5.74, 6) is 1.66. The van der Waals surface area contributed by atoms with Crippen molar-refractivity contribution in [2.24, 2.45) is 4.99 Å². The predicted octanol–water partition coefficient (Wildman–Crippen LogP) is 3.51. The third-order valence-corrected chi connectivity index (χ3v) is 5.36. The zero-order chi connectivity index (χ0) is 18.2. The Morgan fingerprint density at radius 3 is 2.96 bits per heavy atom. The van der Waals surface area contributed by atoms with Crippen molar-refractivity contribution < 1.29 is 4.74 Å². The number of hydrogen-bond acceptors (Lipinski definition) is 5. The molecule has 0 bridgehead atoms. The number of aliphatic imine (C=N–C) groups is 1. The monoisotopic (exact) mass is 501 g/mol. The van der Waals surface area contributed by atoms with Gasteiger partial charge in [0.2, 0.25) is 0 Å². The fourth-order valence-electron chi connectivity index (χ4n) is 2.97. The van der Waals surface area contributed by atoms with Crippen LogP contribution in [-0.4, -0.2) is 47.6 Å². The number of halogens is 1. The van der Waals surface area contributed by atoms with Crippen LogP contribution in [0.2, 0.25) is 0 Å². The van der Waals surface area contributed by atoms with Crippen molar-refractivity contribution in [2.75, 3.05) is 26.7 Å². The quantitative estimate of drug-likeness (QED) is 0.272. The average Bonchev–Trinajstić information content (AvgIpc) is 3.07. The lowest BCUT2D eigenvalue weighted by molar-refractivity contribution is 0.326. The van der Waals surface area contributed by atoms with Gasteiger partial charge in [0.15, 0.2) is 5.96 Å². The summed E-state index contributed by atoms with van der Waals surface area (Å²) in [6.07, 6.45) is 8.34. The number of aromatic nitrogens is 2. The molecule has 148 valence electrons. The van der Waals surface area contributed by atoms with Gasteiger partial charge < -0.3 is 15.0 Å². The van der Waals surface area contributed by atoms with Crippen LogP contribution in [-0.2, 0) is 19.4 Å². The van der Waals surface area contributed by atoms with Crippen molar-refractivity contribution in [1.29, 1.82) is 0 Å². The van der Waals surface area contributed by atoms with Crippen molar-refractivity contribution in [3.63, 3.8) is 0 Å². The second-order valence-electron chi connectivity index (χ2n) is 6.31. The topological polar surface area (TPSA) is 62.6 Å². The van der Waals surface area contributed by atoms with Crippen molar-refractivity contribution in [1.82, 2.24) is 20.2 Å². The van der Waals surface area contributed by atoms with Crippen LogP contribution in [0.1, 0.15) is 35.3 Å². The third kappa shape index (κ3) is 6.60. The van der Waals surface area contributed by atoms with E-state index in [1.807, 2.05) is 23.5 Å². The van der Waals surface area contributed by atoms with Gasteiger partial charge in [-0.15, -0.1) is 35.3 Å². The molecular weight excluding hydrogens is 473 g/mol. The molecule has 0 aliphatic heterocycles. The molecule has 8 heteroatoms. The molecule has 27 heavy (non-hydrogen) atoms. The van der Waals surface area contributed by atoms with Crippen LogP contribution in [0.15, 0.2) is 29.5 Å². The van der Waals surface area contributed by atoms with Crippen molar-refractivity contribution in [3.05, 3.63) is 40.1 Å². The van der Waals surface area contributed by atoms with Crippen LogP contribution in [0.25, 0.3) is 0 Å². The van der Waals surface area contributed by atoms with Crippen LogP contribution < -0.4 is 10.1 Å². The average molecular weight is 501 g/mol. The number of pyridine rings is 1. The summed E-state index contributed by atoms with van der Waals surface area (Å²) in [6.45, 7) is 4.82. The first-order valence-corrected chi connectivity index (χ1v) is 10.1. The number of guanidine groups is 1. The van der Waals surface area contributed by atoms with Crippen LogP contribution in [0.5, 0.6) is 5.75 Å². The second-order valence-corrected chi connectivity index (χ2v) is 7.48. The van der Waals surface area contributed by atoms with Crippen molar-refractivity contribution in [3.8, 4) is 5.75 Å². The van der Waals surface area contributed by atoms with Gasteiger partial charge in [0.05, 0.1) is 25.0 Å². The predicted molar refractivity (Wildman–Crippen MR) is 121 cm³/mol. The van der Waals surface area contributed by atoms with E-state index in [-0.39, 0.29) is 24.0 Å². The van der Waals surface area contributed by atoms with Crippen LogP contribution in [0.3, 0.4) is 0 Å². The first-order valence-electron chi connectivity index (χ1n) is 9.26. The van der Waals surface area contributed by atoms with Crippen molar-refractivity contribution in [2.45, 2.75) is 39.2 Å². The molecule has 0 amide bonds. The van der Waals surface area contributed by atoms with E-state index in [4.69, 9.17) is 9.72 Å². The number of ether oxygens (including phenoxy) is 1. The van der Waals surface area contributed by atoms with Gasteiger partial charge in [-0.1, -0.05) is 0 Å². The third-order valence-electron chi connectivity index (χ3n) is 4.21. The molecule has 0 saturated heterocycles. The van der Waals surface area contributed by atoms with E-state index in [1.165, 1.54) is 34.8 Å². The molecule has 6 nitrogen and oxygen atoms in total. The number of fused-ring (bicyclic) bond motifs is 1. The van der Waals surface area contributed by atoms with E-state index < -0.39 is 0 Å². The van der Waals surface area contributed by atoms with Crippen LogP contribution >= 0.6 is 35.3 Å². The summed E-state index contributed by atoms with van der Waals surface area (Å²) in [5.41, 5.74) is 1.32. The van der Waals surface area contributed by atoms with E-state index in [0.29, 0.717) is 13.2 Å². The van der Waals surface area contributed by atoms with Gasteiger partial charge in [-0.3, -0.25) is 4.98 Å². The summed E-state index contributed by atoms with van der Waals surface area (Å²) in [6, 6.07) is 3.77. The minimum Gasteiger partial charge on any atom is -0.490 e. The highest BCUT2D eigenvalue weighted by Gasteiger charge is 2.16. The Morgan fingerprint density at radius 2 is 2.22 bits per heavy atom. The zero-order valence-electron chi connectivity index (χ0n) is 16.0. The Bertz CT molecular complexity index is 699. The van der Waals surface area contributed by atoms with E-state index in [2.05, 4.69) is 34.2 Å². The fraction of sp³-hybridized carbons (Fsp3) is 0.526. The molecule has 0 spiro atoms. The minimum absolute atomic E-state index is 0. The van der Waals surface area contributed by atoms with Gasteiger partial charge >= 0.3 is 0 Å². The first kappa shape index (κ1) is 21.9. The Balaban J connectivity index is 0.00000261. The highest BCUT2D eigenvalue weighted by molar-refractivity contribution is 14.0. The maximum atomic E-state index is 5.66. The number of thiazole rings is 1. The Kier molecular flexibility index (Phi) is 9.26. The largest absolute Gasteiger partial charge is 0.490 e. The highest BCUT2D eigenvalue weighted by atomic mass is 127. The molecule has 1 N–H and O–H groups in total. The number of nitrogens with one attached hydrogen (secondary N) is 1. The Labute approximate surface area is 182 Å². The maximum Gasteiger partial charge on any atom is 0.194 e. The molecule has 0 saturated carbocycles. The van der Waals surface area contributed by atoms with Crippen LogP contribution in [0, 0.1) is 0 Å². The van der Waals surface area contributed by atoms with E-state index in [9.17, 15) is 0 Å². The maximum absolute atomic E-state index is 5.66. The summed E-state index contributed by atoms with van der Waals surface area (Å²) in [7, 11) is 2.06. The summed E-state index contributed by atoms with van der Waals surface area (Å²) in [4.78, 5) is 17.2. The second kappa shape index (κ2) is 11.4. The molecule has 0 fully saturated rings. The van der Waals surface area contributed by atoms with Gasteiger partial charge in [0.25, 0.3) is 0 Å². The number of hydrogen-bond donors (Lipinski definition) is 1. The molecule has 1 aliphatic rings. The molecule has 0 atom stereocenters. The minimum atomic E-state index is 0. The normalized spacial score (nSPS) is 13.5. The molecule has 0 radical (unpaired) electrons. The molecule has 2 aromatic heterocycles. The molecule has 0 aromatic carbocycles. The summed E-state index contributed by atoms with van der Waals surface area (Å²) >= 11 is 1.86. The lowest BCUT2D eigenvalue weighted by Gasteiger charge is -2.21. The molecule has 2 heterocycles. The number of aryl methyl sites for hydroxylation is 2. The molecular formula is C19H28IN5OS. The first-order chi connectivity index (χ1) is 12.8. The van der Waals surface area contributed by atoms with Gasteiger partial charge in [-0.05, 0) is 44.7 Å². The van der Waals surface area contributed by atoms with Gasteiger partial charge in [0.1, 0.15) is 17.4 Å². The molecule has 0 unspecified atom stereocenters. The zero-order valence-corrected chi connectivity index (χ0v) is 19.1.